The van der Waals surface area contributed by atoms with Crippen molar-refractivity contribution in [1.82, 2.24) is 20.2 Å². The van der Waals surface area contributed by atoms with Gasteiger partial charge in [0.2, 0.25) is 0 Å². The van der Waals surface area contributed by atoms with E-state index >= 15 is 0 Å². The van der Waals surface area contributed by atoms with Crippen LogP contribution in [0.4, 0.5) is 9.52 Å². The summed E-state index contributed by atoms with van der Waals surface area (Å²) in [6, 6.07) is -1.63. The van der Waals surface area contributed by atoms with E-state index in [4.69, 9.17) is 15.3 Å². The smallest absolute Gasteiger partial charge is 0.353 e. The SMILES string of the molecule is COC(=O)c1sc(SC2=C(C(=O)O)N3C(=O)[C@@H](NC(=O)/C(=N/OCCF)c4csc(N)n4)[C@H]3CC2)nc1C. The van der Waals surface area contributed by atoms with Crippen molar-refractivity contribution in [3.63, 3.8) is 0 Å². The molecule has 0 aliphatic carbocycles. The third kappa shape index (κ3) is 5.34. The van der Waals surface area contributed by atoms with Crippen LogP contribution in [0, 0.1) is 6.92 Å². The zero-order chi connectivity index (χ0) is 27.6. The highest BCUT2D eigenvalue weighted by atomic mass is 32.2. The number of methoxy groups -OCH3 is 1. The van der Waals surface area contributed by atoms with Crippen LogP contribution in [-0.4, -0.2) is 81.9 Å². The number of nitrogen functional groups attached to an aromatic ring is 1. The number of oxime groups is 1. The predicted octanol–water partition coefficient (Wildman–Crippen LogP) is 1.54. The normalized spacial score (nSPS) is 19.1. The number of carbonyl (C=O) groups excluding carboxylic acids is 3. The fourth-order valence-corrected chi connectivity index (χ4v) is 6.76. The number of β-lactam (4-membered cyclic amide) rings is 1. The molecule has 38 heavy (non-hydrogen) atoms. The van der Waals surface area contributed by atoms with E-state index in [9.17, 15) is 28.7 Å². The number of aliphatic carboxylic acids is 1. The molecule has 0 aromatic carbocycles. The van der Waals surface area contributed by atoms with Gasteiger partial charge in [0, 0.05) is 10.3 Å². The second-order valence-corrected chi connectivity index (χ2v) is 11.1. The maximum absolute atomic E-state index is 13.0. The van der Waals surface area contributed by atoms with Gasteiger partial charge in [0.15, 0.2) is 15.2 Å². The minimum atomic E-state index is -1.31. The molecule has 4 heterocycles. The van der Waals surface area contributed by atoms with Gasteiger partial charge in [-0.3, -0.25) is 14.5 Å². The Hall–Kier alpha value is -3.57. The van der Waals surface area contributed by atoms with Crippen molar-refractivity contribution < 1.29 is 38.2 Å². The number of ether oxygens (including phenoxy) is 1. The van der Waals surface area contributed by atoms with Crippen LogP contribution < -0.4 is 11.1 Å². The number of anilines is 1. The third-order valence-corrected chi connectivity index (χ3v) is 8.56. The zero-order valence-electron chi connectivity index (χ0n) is 19.9. The van der Waals surface area contributed by atoms with Gasteiger partial charge in [0.05, 0.1) is 18.8 Å². The molecule has 4 rings (SSSR count). The number of carboxylic acid groups (broad SMARTS) is 1. The van der Waals surface area contributed by atoms with E-state index in [1.807, 2.05) is 0 Å². The molecular formula is C21H21FN6O7S3. The molecule has 0 spiro atoms. The number of allylic oxidation sites excluding steroid dienone is 1. The van der Waals surface area contributed by atoms with E-state index in [1.54, 1.807) is 6.92 Å². The average Bonchev–Trinajstić information content (AvgIpc) is 3.48. The summed E-state index contributed by atoms with van der Waals surface area (Å²) in [5, 5.41) is 17.7. The van der Waals surface area contributed by atoms with Crippen molar-refractivity contribution in [1.29, 1.82) is 0 Å². The number of fused-ring (bicyclic) bond motifs is 1. The Bertz CT molecular complexity index is 1360. The number of aromatic nitrogens is 2. The Morgan fingerprint density at radius 3 is 2.79 bits per heavy atom. The molecule has 2 aliphatic rings. The number of esters is 1. The number of thioether (sulfide) groups is 1. The first-order valence-electron chi connectivity index (χ1n) is 11.0. The number of hydrogen-bond acceptors (Lipinski definition) is 13. The largest absolute Gasteiger partial charge is 0.477 e. The van der Waals surface area contributed by atoms with Crippen LogP contribution in [-0.2, 0) is 24.0 Å². The van der Waals surface area contributed by atoms with E-state index in [1.165, 1.54) is 12.5 Å². The predicted molar refractivity (Wildman–Crippen MR) is 135 cm³/mol. The summed E-state index contributed by atoms with van der Waals surface area (Å²) in [6.45, 7) is 0.426. The molecule has 2 amide bonds. The average molecular weight is 585 g/mol. The minimum Gasteiger partial charge on any atom is -0.477 e. The highest BCUT2D eigenvalue weighted by molar-refractivity contribution is 8.04. The molecular weight excluding hydrogens is 563 g/mol. The van der Waals surface area contributed by atoms with Crippen molar-refractivity contribution >= 4 is 69.0 Å². The molecule has 0 unspecified atom stereocenters. The molecule has 1 saturated heterocycles. The molecule has 1 fully saturated rings. The number of rotatable bonds is 10. The van der Waals surface area contributed by atoms with Crippen LogP contribution in [0.2, 0.25) is 0 Å². The maximum Gasteiger partial charge on any atom is 0.353 e. The number of nitrogens with two attached hydrogens (primary N) is 1. The van der Waals surface area contributed by atoms with Crippen LogP contribution in [0.25, 0.3) is 0 Å². The summed E-state index contributed by atoms with van der Waals surface area (Å²) in [5.74, 6) is -3.28. The van der Waals surface area contributed by atoms with Crippen molar-refractivity contribution in [3.05, 3.63) is 32.2 Å². The number of hydrogen-bond donors (Lipinski definition) is 3. The number of nitrogens with zero attached hydrogens (tertiary/aromatic N) is 4. The number of carbonyl (C=O) groups is 4. The van der Waals surface area contributed by atoms with E-state index in [0.29, 0.717) is 32.7 Å². The highest BCUT2D eigenvalue weighted by Gasteiger charge is 2.54. The van der Waals surface area contributed by atoms with Gasteiger partial charge in [-0.15, -0.1) is 22.7 Å². The molecule has 202 valence electrons. The van der Waals surface area contributed by atoms with Crippen molar-refractivity contribution in [2.75, 3.05) is 26.1 Å². The fraction of sp³-hybridized carbons (Fsp3) is 0.381. The topological polar surface area (TPSA) is 186 Å². The van der Waals surface area contributed by atoms with Crippen LogP contribution in [0.15, 0.2) is 25.5 Å². The molecule has 2 aromatic rings. The number of amides is 2. The molecule has 0 saturated carbocycles. The van der Waals surface area contributed by atoms with Crippen molar-refractivity contribution in [2.24, 2.45) is 5.16 Å². The van der Waals surface area contributed by atoms with Crippen LogP contribution in [0.1, 0.15) is 33.9 Å². The first kappa shape index (κ1) is 27.5. The van der Waals surface area contributed by atoms with Gasteiger partial charge in [-0.25, -0.2) is 23.9 Å². The van der Waals surface area contributed by atoms with Gasteiger partial charge in [0.25, 0.3) is 11.8 Å². The summed E-state index contributed by atoms with van der Waals surface area (Å²) in [7, 11) is 1.25. The standard InChI is InChI=1S/C21H21FN6O7S3/c1-8-15(19(33)34-2)38-21(24-8)37-11-4-3-10-13(17(30)28(10)14(11)18(31)32)26-16(29)12(27-35-6-5-22)9-7-36-20(23)25-9/h7,10,13H,3-6H2,1-2H3,(H2,23,25)(H,26,29)(H,31,32)/b27-12+/t10-,13+/m1/s1. The zero-order valence-corrected chi connectivity index (χ0v) is 22.4. The lowest BCUT2D eigenvalue weighted by molar-refractivity contribution is -0.155. The first-order valence-corrected chi connectivity index (χ1v) is 13.5. The molecule has 4 N–H and O–H groups in total. The van der Waals surface area contributed by atoms with E-state index < -0.39 is 42.5 Å². The Balaban J connectivity index is 1.53. The number of aryl methyl sites for hydroxylation is 1. The number of halogens is 1. The van der Waals surface area contributed by atoms with Crippen molar-refractivity contribution in [2.45, 2.75) is 36.2 Å². The third-order valence-electron chi connectivity index (χ3n) is 5.54. The van der Waals surface area contributed by atoms with Gasteiger partial charge in [-0.2, -0.15) is 0 Å². The van der Waals surface area contributed by atoms with E-state index in [0.717, 1.165) is 39.3 Å². The van der Waals surface area contributed by atoms with Crippen LogP contribution >= 0.6 is 34.4 Å². The summed E-state index contributed by atoms with van der Waals surface area (Å²) in [5.41, 5.74) is 5.67. The monoisotopic (exact) mass is 584 g/mol. The molecule has 2 aliphatic heterocycles. The second kappa shape index (κ2) is 11.4. The summed E-state index contributed by atoms with van der Waals surface area (Å²) < 4.78 is 17.6. The van der Waals surface area contributed by atoms with Gasteiger partial charge in [-0.05, 0) is 19.8 Å². The Morgan fingerprint density at radius 1 is 1.39 bits per heavy atom. The van der Waals surface area contributed by atoms with Crippen molar-refractivity contribution in [3.8, 4) is 0 Å². The maximum atomic E-state index is 13.0. The number of carboxylic acids is 1. The van der Waals surface area contributed by atoms with Crippen LogP contribution in [0.5, 0.6) is 0 Å². The molecule has 2 aromatic heterocycles. The Morgan fingerprint density at radius 2 is 2.16 bits per heavy atom. The summed E-state index contributed by atoms with van der Waals surface area (Å²) in [4.78, 5) is 65.0. The molecule has 13 nitrogen and oxygen atoms in total. The highest BCUT2D eigenvalue weighted by Crippen LogP contribution is 2.44. The van der Waals surface area contributed by atoms with E-state index in [-0.39, 0.29) is 28.8 Å². The Labute approximate surface area is 226 Å². The molecule has 0 bridgehead atoms. The Kier molecular flexibility index (Phi) is 8.27. The van der Waals surface area contributed by atoms with Gasteiger partial charge < -0.3 is 25.7 Å². The van der Waals surface area contributed by atoms with Crippen LogP contribution in [0.3, 0.4) is 0 Å². The lowest BCUT2D eigenvalue weighted by atomic mass is 9.86. The lowest BCUT2D eigenvalue weighted by Gasteiger charge is -2.50. The number of thiazole rings is 2. The fourth-order valence-electron chi connectivity index (χ4n) is 3.89. The van der Waals surface area contributed by atoms with Gasteiger partial charge in [-0.1, -0.05) is 16.9 Å². The van der Waals surface area contributed by atoms with Gasteiger partial charge >= 0.3 is 11.9 Å². The first-order chi connectivity index (χ1) is 18.2. The van der Waals surface area contributed by atoms with Gasteiger partial charge in [0.1, 0.15) is 35.6 Å². The summed E-state index contributed by atoms with van der Waals surface area (Å²) >= 11 is 3.19. The number of alkyl halides is 1. The van der Waals surface area contributed by atoms with E-state index in [2.05, 4.69) is 20.4 Å². The quantitative estimate of drug-likeness (QED) is 0.121. The summed E-state index contributed by atoms with van der Waals surface area (Å²) in [6.07, 6.45) is 0.654. The molecule has 0 radical (unpaired) electrons. The molecule has 2 atom stereocenters. The number of nitrogens with one attached hydrogen (secondary N) is 1. The lowest BCUT2D eigenvalue weighted by Crippen LogP contribution is -2.72. The minimum absolute atomic E-state index is 0.0889. The second-order valence-electron chi connectivity index (χ2n) is 7.86. The molecule has 17 heteroatoms.